The van der Waals surface area contributed by atoms with Crippen molar-refractivity contribution in [3.05, 3.63) is 29.6 Å². The third-order valence-electron chi connectivity index (χ3n) is 2.24. The summed E-state index contributed by atoms with van der Waals surface area (Å²) in [5, 5.41) is 2.93. The van der Waals surface area contributed by atoms with Gasteiger partial charge in [-0.2, -0.15) is 0 Å². The summed E-state index contributed by atoms with van der Waals surface area (Å²) >= 11 is 0. The topological polar surface area (TPSA) is 51.2 Å². The van der Waals surface area contributed by atoms with Crippen LogP contribution in [0.4, 0.5) is 0 Å². The number of aromatic nitrogens is 1. The molecule has 0 saturated carbocycles. The minimum absolute atomic E-state index is 0.300. The third-order valence-corrected chi connectivity index (χ3v) is 2.24. The Morgan fingerprint density at radius 1 is 1.75 bits per heavy atom. The molecule has 0 aliphatic heterocycles. The van der Waals surface area contributed by atoms with Crippen LogP contribution in [0.1, 0.15) is 17.2 Å². The first-order valence-corrected chi connectivity index (χ1v) is 4.86. The molecule has 1 aromatic heterocycles. The van der Waals surface area contributed by atoms with E-state index in [4.69, 9.17) is 11.2 Å². The van der Waals surface area contributed by atoms with E-state index in [9.17, 15) is 4.79 Å². The van der Waals surface area contributed by atoms with E-state index in [2.05, 4.69) is 16.2 Å². The number of rotatable bonds is 4. The van der Waals surface area contributed by atoms with Gasteiger partial charge in [0, 0.05) is 18.0 Å². The molecule has 0 aliphatic rings. The van der Waals surface area contributed by atoms with Gasteiger partial charge in [0.05, 0.1) is 13.7 Å². The number of ether oxygens (including phenoxy) is 1. The fourth-order valence-corrected chi connectivity index (χ4v) is 1.38. The molecule has 84 valence electrons. The molecule has 0 aliphatic carbocycles. The largest absolute Gasteiger partial charge is 0.468 e. The molecule has 1 heterocycles. The van der Waals surface area contributed by atoms with Gasteiger partial charge in [0.15, 0.2) is 0 Å². The lowest BCUT2D eigenvalue weighted by molar-refractivity contribution is -0.143. The van der Waals surface area contributed by atoms with Gasteiger partial charge in [-0.3, -0.25) is 10.3 Å². The van der Waals surface area contributed by atoms with Gasteiger partial charge in [0.25, 0.3) is 0 Å². The van der Waals surface area contributed by atoms with E-state index in [0.29, 0.717) is 6.54 Å². The molecule has 1 aromatic rings. The Morgan fingerprint density at radius 3 is 3.06 bits per heavy atom. The van der Waals surface area contributed by atoms with Gasteiger partial charge in [0.2, 0.25) is 0 Å². The Kier molecular flexibility index (Phi) is 4.49. The molecule has 0 bridgehead atoms. The number of pyridine rings is 1. The molecule has 0 radical (unpaired) electrons. The van der Waals surface area contributed by atoms with Crippen LogP contribution in [0.5, 0.6) is 0 Å². The van der Waals surface area contributed by atoms with Crippen molar-refractivity contribution in [3.63, 3.8) is 0 Å². The van der Waals surface area contributed by atoms with E-state index < -0.39 is 6.04 Å². The van der Waals surface area contributed by atoms with Crippen molar-refractivity contribution in [1.82, 2.24) is 10.3 Å². The highest BCUT2D eigenvalue weighted by molar-refractivity contribution is 5.77. The van der Waals surface area contributed by atoms with Gasteiger partial charge >= 0.3 is 5.97 Å². The zero-order chi connectivity index (χ0) is 12.0. The molecule has 0 saturated heterocycles. The normalized spacial score (nSPS) is 11.6. The number of terminal acetylenes is 1. The number of hydrogen-bond donors (Lipinski definition) is 1. The Balaban J connectivity index is 2.97. The standard InChI is InChI=1S/C12H14N2O2/c1-4-6-14-11(12(15)16-3)10-8-13-7-5-9(10)2/h1,5,7-8,11,14H,6H2,2-3H3. The summed E-state index contributed by atoms with van der Waals surface area (Å²) in [6, 6.07) is 1.28. The van der Waals surface area contributed by atoms with E-state index in [0.717, 1.165) is 11.1 Å². The van der Waals surface area contributed by atoms with Gasteiger partial charge in [-0.25, -0.2) is 4.79 Å². The minimum Gasteiger partial charge on any atom is -0.468 e. The SMILES string of the molecule is C#CCNC(C(=O)OC)c1cnccc1C. The van der Waals surface area contributed by atoms with Crippen LogP contribution in [-0.4, -0.2) is 24.6 Å². The van der Waals surface area contributed by atoms with Gasteiger partial charge in [-0.15, -0.1) is 6.42 Å². The highest BCUT2D eigenvalue weighted by atomic mass is 16.5. The van der Waals surface area contributed by atoms with Gasteiger partial charge in [-0.1, -0.05) is 5.92 Å². The molecule has 0 aromatic carbocycles. The first-order chi connectivity index (χ1) is 7.70. The molecule has 4 heteroatoms. The van der Waals surface area contributed by atoms with Crippen molar-refractivity contribution in [2.75, 3.05) is 13.7 Å². The third kappa shape index (κ3) is 2.81. The summed E-state index contributed by atoms with van der Waals surface area (Å²) in [5.74, 6) is 2.06. The summed E-state index contributed by atoms with van der Waals surface area (Å²) in [4.78, 5) is 15.6. The minimum atomic E-state index is -0.560. The number of aryl methyl sites for hydroxylation is 1. The highest BCUT2D eigenvalue weighted by Crippen LogP contribution is 2.17. The average molecular weight is 218 g/mol. The maximum absolute atomic E-state index is 11.6. The van der Waals surface area contributed by atoms with E-state index in [1.807, 2.05) is 13.0 Å². The zero-order valence-electron chi connectivity index (χ0n) is 9.36. The molecule has 0 fully saturated rings. The van der Waals surface area contributed by atoms with Crippen LogP contribution in [0.2, 0.25) is 0 Å². The van der Waals surface area contributed by atoms with Crippen LogP contribution < -0.4 is 5.32 Å². The first-order valence-electron chi connectivity index (χ1n) is 4.86. The van der Waals surface area contributed by atoms with Gasteiger partial charge < -0.3 is 4.74 Å². The van der Waals surface area contributed by atoms with Crippen molar-refractivity contribution in [2.45, 2.75) is 13.0 Å². The number of carbonyl (C=O) groups excluding carboxylic acids is 1. The van der Waals surface area contributed by atoms with Crippen LogP contribution >= 0.6 is 0 Å². The molecular formula is C12H14N2O2. The average Bonchev–Trinajstić information content (AvgIpc) is 2.31. The second kappa shape index (κ2) is 5.89. The Bertz CT molecular complexity index is 410. The van der Waals surface area contributed by atoms with Gasteiger partial charge in [-0.05, 0) is 18.6 Å². The second-order valence-electron chi connectivity index (χ2n) is 3.27. The Morgan fingerprint density at radius 2 is 2.50 bits per heavy atom. The Hall–Kier alpha value is -1.86. The molecule has 0 spiro atoms. The monoisotopic (exact) mass is 218 g/mol. The van der Waals surface area contributed by atoms with Crippen molar-refractivity contribution >= 4 is 5.97 Å². The molecule has 4 nitrogen and oxygen atoms in total. The van der Waals surface area contributed by atoms with Crippen molar-refractivity contribution < 1.29 is 9.53 Å². The lowest BCUT2D eigenvalue weighted by Gasteiger charge is -2.16. The molecular weight excluding hydrogens is 204 g/mol. The molecule has 1 N–H and O–H groups in total. The van der Waals surface area contributed by atoms with E-state index in [1.165, 1.54) is 7.11 Å². The van der Waals surface area contributed by atoms with Crippen LogP contribution in [-0.2, 0) is 9.53 Å². The fraction of sp³-hybridized carbons (Fsp3) is 0.333. The number of carbonyl (C=O) groups is 1. The van der Waals surface area contributed by atoms with Gasteiger partial charge in [0.1, 0.15) is 6.04 Å². The van der Waals surface area contributed by atoms with Crippen LogP contribution in [0, 0.1) is 19.3 Å². The molecule has 1 rings (SSSR count). The maximum Gasteiger partial charge on any atom is 0.327 e. The Labute approximate surface area is 95.0 Å². The molecule has 16 heavy (non-hydrogen) atoms. The van der Waals surface area contributed by atoms with E-state index in [-0.39, 0.29) is 5.97 Å². The number of esters is 1. The number of nitrogens with zero attached hydrogens (tertiary/aromatic N) is 1. The first kappa shape index (κ1) is 12.2. The van der Waals surface area contributed by atoms with Crippen LogP contribution in [0.3, 0.4) is 0 Å². The number of methoxy groups -OCH3 is 1. The zero-order valence-corrected chi connectivity index (χ0v) is 9.36. The number of hydrogen-bond acceptors (Lipinski definition) is 4. The quantitative estimate of drug-likeness (QED) is 0.600. The summed E-state index contributed by atoms with van der Waals surface area (Å²) < 4.78 is 4.72. The molecule has 1 unspecified atom stereocenters. The van der Waals surface area contributed by atoms with E-state index in [1.54, 1.807) is 12.4 Å². The molecule has 1 atom stereocenters. The second-order valence-corrected chi connectivity index (χ2v) is 3.27. The fourth-order valence-electron chi connectivity index (χ4n) is 1.38. The summed E-state index contributed by atoms with van der Waals surface area (Å²) in [5.41, 5.74) is 1.75. The predicted octanol–water partition coefficient (Wildman–Crippen LogP) is 0.827. The predicted molar refractivity (Wildman–Crippen MR) is 60.6 cm³/mol. The smallest absolute Gasteiger partial charge is 0.327 e. The summed E-state index contributed by atoms with van der Waals surface area (Å²) in [6.07, 6.45) is 8.47. The highest BCUT2D eigenvalue weighted by Gasteiger charge is 2.22. The van der Waals surface area contributed by atoms with E-state index >= 15 is 0 Å². The van der Waals surface area contributed by atoms with Crippen LogP contribution in [0.25, 0.3) is 0 Å². The van der Waals surface area contributed by atoms with Crippen molar-refractivity contribution in [1.29, 1.82) is 0 Å². The van der Waals surface area contributed by atoms with Crippen molar-refractivity contribution in [3.8, 4) is 12.3 Å². The lowest BCUT2D eigenvalue weighted by Crippen LogP contribution is -2.30. The van der Waals surface area contributed by atoms with Crippen molar-refractivity contribution in [2.24, 2.45) is 0 Å². The molecule has 0 amide bonds. The lowest BCUT2D eigenvalue weighted by atomic mass is 10.0. The maximum atomic E-state index is 11.6. The van der Waals surface area contributed by atoms with Crippen LogP contribution in [0.15, 0.2) is 18.5 Å². The summed E-state index contributed by atoms with van der Waals surface area (Å²) in [6.45, 7) is 2.21. The number of nitrogens with one attached hydrogen (secondary N) is 1. The summed E-state index contributed by atoms with van der Waals surface area (Å²) in [7, 11) is 1.35.